The third-order valence-corrected chi connectivity index (χ3v) is 6.27. The van der Waals surface area contributed by atoms with Crippen LogP contribution in [0, 0.1) is 0 Å². The summed E-state index contributed by atoms with van der Waals surface area (Å²) in [5.41, 5.74) is 3.01. The first-order chi connectivity index (χ1) is 15.6. The maximum Gasteiger partial charge on any atom is 0.242 e. The van der Waals surface area contributed by atoms with Crippen LogP contribution in [0.25, 0.3) is 11.0 Å². The molecule has 3 aromatic rings. The highest BCUT2D eigenvalue weighted by atomic mass is 32.2. The van der Waals surface area contributed by atoms with Crippen molar-refractivity contribution in [2.45, 2.75) is 18.8 Å². The Morgan fingerprint density at radius 2 is 1.69 bits per heavy atom. The molecule has 7 nitrogen and oxygen atoms in total. The van der Waals surface area contributed by atoms with Crippen LogP contribution in [0.5, 0.6) is 0 Å². The number of para-hydroxylation sites is 2. The summed E-state index contributed by atoms with van der Waals surface area (Å²) < 4.78 is 2.04. The topological polar surface area (TPSA) is 70.5 Å². The summed E-state index contributed by atoms with van der Waals surface area (Å²) >= 11 is 1.70. The van der Waals surface area contributed by atoms with E-state index in [2.05, 4.69) is 10.2 Å². The van der Waals surface area contributed by atoms with E-state index in [1.54, 1.807) is 11.8 Å². The Morgan fingerprint density at radius 1 is 0.969 bits per heavy atom. The molecule has 8 heteroatoms. The number of hydrogen-bond donors (Lipinski definition) is 1. The maximum atomic E-state index is 13.0. The lowest BCUT2D eigenvalue weighted by molar-refractivity contribution is -0.133. The average Bonchev–Trinajstić information content (AvgIpc) is 3.16. The zero-order valence-corrected chi connectivity index (χ0v) is 19.2. The number of aromatic nitrogens is 2. The number of amides is 2. The second kappa shape index (κ2) is 10.7. The molecule has 1 aliphatic rings. The Morgan fingerprint density at radius 3 is 2.44 bits per heavy atom. The van der Waals surface area contributed by atoms with Gasteiger partial charge in [-0.3, -0.25) is 14.5 Å². The van der Waals surface area contributed by atoms with E-state index >= 15 is 0 Å². The van der Waals surface area contributed by atoms with Crippen molar-refractivity contribution in [1.29, 1.82) is 0 Å². The minimum Gasteiger partial charge on any atom is -0.351 e. The van der Waals surface area contributed by atoms with Gasteiger partial charge in [0.05, 0.1) is 23.3 Å². The Labute approximate surface area is 192 Å². The lowest BCUT2D eigenvalue weighted by Gasteiger charge is -2.34. The van der Waals surface area contributed by atoms with Crippen LogP contribution in [0.2, 0.25) is 0 Å². The number of hydrogen-bond acceptors (Lipinski definition) is 5. The van der Waals surface area contributed by atoms with E-state index in [-0.39, 0.29) is 11.8 Å². The minimum atomic E-state index is 0.0141. The lowest BCUT2D eigenvalue weighted by atomic mass is 10.2. The molecule has 1 aromatic heterocycles. The number of carbonyl (C=O) groups excluding carboxylic acids is 2. The first-order valence-corrected chi connectivity index (χ1v) is 12.3. The van der Waals surface area contributed by atoms with Gasteiger partial charge in [0.25, 0.3) is 0 Å². The van der Waals surface area contributed by atoms with Crippen molar-refractivity contribution in [3.63, 3.8) is 0 Å². The van der Waals surface area contributed by atoms with Crippen molar-refractivity contribution in [3.8, 4) is 0 Å². The van der Waals surface area contributed by atoms with E-state index in [9.17, 15) is 9.59 Å². The van der Waals surface area contributed by atoms with Crippen LogP contribution in [-0.2, 0) is 28.4 Å². The highest BCUT2D eigenvalue weighted by Gasteiger charge is 2.23. The number of fused-ring (bicyclic) bond motifs is 1. The van der Waals surface area contributed by atoms with Crippen molar-refractivity contribution in [2.75, 3.05) is 39.0 Å². The summed E-state index contributed by atoms with van der Waals surface area (Å²) in [6.07, 6.45) is 2.04. The van der Waals surface area contributed by atoms with Gasteiger partial charge in [0.15, 0.2) is 0 Å². The van der Waals surface area contributed by atoms with E-state index in [4.69, 9.17) is 4.98 Å². The normalized spacial score (nSPS) is 14.6. The fourth-order valence-electron chi connectivity index (χ4n) is 3.99. The molecule has 1 fully saturated rings. The number of rotatable bonds is 8. The van der Waals surface area contributed by atoms with Crippen LogP contribution >= 0.6 is 11.8 Å². The molecule has 0 unspecified atom stereocenters. The van der Waals surface area contributed by atoms with Crippen molar-refractivity contribution in [1.82, 2.24) is 24.7 Å². The number of nitrogens with zero attached hydrogens (tertiary/aromatic N) is 4. The molecule has 1 N–H and O–H groups in total. The van der Waals surface area contributed by atoms with Crippen molar-refractivity contribution in [2.24, 2.45) is 0 Å². The quantitative estimate of drug-likeness (QED) is 0.569. The molecular weight excluding hydrogens is 422 g/mol. The third kappa shape index (κ3) is 5.49. The number of piperazine rings is 1. The van der Waals surface area contributed by atoms with Crippen LogP contribution in [0.1, 0.15) is 11.4 Å². The fourth-order valence-corrected chi connectivity index (χ4v) is 4.47. The highest BCUT2D eigenvalue weighted by molar-refractivity contribution is 7.97. The highest BCUT2D eigenvalue weighted by Crippen LogP contribution is 2.19. The number of thioether (sulfide) groups is 1. The van der Waals surface area contributed by atoms with Crippen LogP contribution in [0.4, 0.5) is 0 Å². The molecule has 1 saturated heterocycles. The second-order valence-corrected chi connectivity index (χ2v) is 8.82. The molecule has 2 aromatic carbocycles. The van der Waals surface area contributed by atoms with Crippen LogP contribution in [-0.4, -0.2) is 70.1 Å². The summed E-state index contributed by atoms with van der Waals surface area (Å²) in [4.78, 5) is 34.0. The number of carbonyl (C=O) groups is 2. The van der Waals surface area contributed by atoms with Gasteiger partial charge in [0.2, 0.25) is 11.8 Å². The largest absolute Gasteiger partial charge is 0.351 e. The van der Waals surface area contributed by atoms with E-state index in [0.29, 0.717) is 45.8 Å². The summed E-state index contributed by atoms with van der Waals surface area (Å²) in [5, 5.41) is 2.97. The Kier molecular flexibility index (Phi) is 7.44. The molecule has 2 heterocycles. The summed E-state index contributed by atoms with van der Waals surface area (Å²) in [6, 6.07) is 17.9. The Hall–Kier alpha value is -2.84. The smallest absolute Gasteiger partial charge is 0.242 e. The molecular formula is C24H29N5O2S. The summed E-state index contributed by atoms with van der Waals surface area (Å²) in [6.45, 7) is 3.87. The van der Waals surface area contributed by atoms with Gasteiger partial charge in [-0.1, -0.05) is 42.5 Å². The molecule has 0 atom stereocenters. The Balaban J connectivity index is 1.28. The van der Waals surface area contributed by atoms with Gasteiger partial charge in [0.1, 0.15) is 12.4 Å². The van der Waals surface area contributed by atoms with Crippen LogP contribution in [0.15, 0.2) is 54.6 Å². The molecule has 1 aliphatic heterocycles. The van der Waals surface area contributed by atoms with Gasteiger partial charge in [-0.2, -0.15) is 11.8 Å². The van der Waals surface area contributed by atoms with Crippen molar-refractivity contribution >= 4 is 34.6 Å². The first kappa shape index (κ1) is 22.4. The predicted molar refractivity (Wildman–Crippen MR) is 128 cm³/mol. The molecule has 2 amide bonds. The summed E-state index contributed by atoms with van der Waals surface area (Å²) in [7, 11) is 0. The van der Waals surface area contributed by atoms with E-state index in [1.165, 1.54) is 0 Å². The zero-order chi connectivity index (χ0) is 22.3. The molecule has 0 aliphatic carbocycles. The zero-order valence-electron chi connectivity index (χ0n) is 18.4. The second-order valence-electron chi connectivity index (χ2n) is 7.96. The van der Waals surface area contributed by atoms with Gasteiger partial charge in [-0.25, -0.2) is 4.98 Å². The van der Waals surface area contributed by atoms with Gasteiger partial charge < -0.3 is 14.8 Å². The van der Waals surface area contributed by atoms with Crippen LogP contribution in [0.3, 0.4) is 0 Å². The Bertz CT molecular complexity index is 1060. The summed E-state index contributed by atoms with van der Waals surface area (Å²) in [5.74, 6) is 1.82. The fraction of sp³-hybridized carbons (Fsp3) is 0.375. The minimum absolute atomic E-state index is 0.0141. The molecule has 32 heavy (non-hydrogen) atoms. The van der Waals surface area contributed by atoms with Gasteiger partial charge in [0, 0.05) is 32.7 Å². The van der Waals surface area contributed by atoms with Crippen molar-refractivity contribution < 1.29 is 9.59 Å². The standard InChI is InChI=1S/C24H29N5O2S/c1-32-18-22-26-20-9-5-6-10-21(20)29(22)17-24(31)28-13-11-27(12-14-28)16-23(30)25-15-19-7-3-2-4-8-19/h2-10H,11-18H2,1H3,(H,25,30). The van der Waals surface area contributed by atoms with Crippen molar-refractivity contribution in [3.05, 3.63) is 66.0 Å². The number of benzene rings is 2. The molecule has 0 spiro atoms. The van der Waals surface area contributed by atoms with Gasteiger partial charge >= 0.3 is 0 Å². The molecule has 168 valence electrons. The maximum absolute atomic E-state index is 13.0. The molecule has 0 bridgehead atoms. The average molecular weight is 452 g/mol. The third-order valence-electron chi connectivity index (χ3n) is 5.73. The molecule has 4 rings (SSSR count). The first-order valence-electron chi connectivity index (χ1n) is 10.9. The van der Waals surface area contributed by atoms with E-state index in [1.807, 2.05) is 70.3 Å². The lowest BCUT2D eigenvalue weighted by Crippen LogP contribution is -2.51. The molecule has 0 saturated carbocycles. The number of imidazole rings is 1. The predicted octanol–water partition coefficient (Wildman–Crippen LogP) is 2.36. The van der Waals surface area contributed by atoms with Gasteiger partial charge in [-0.15, -0.1) is 0 Å². The van der Waals surface area contributed by atoms with E-state index < -0.39 is 0 Å². The monoisotopic (exact) mass is 451 g/mol. The molecule has 0 radical (unpaired) electrons. The van der Waals surface area contributed by atoms with Crippen LogP contribution < -0.4 is 5.32 Å². The van der Waals surface area contributed by atoms with E-state index in [0.717, 1.165) is 28.2 Å². The number of nitrogens with one attached hydrogen (secondary N) is 1. The van der Waals surface area contributed by atoms with Gasteiger partial charge in [-0.05, 0) is 24.0 Å². The SMILES string of the molecule is CSCc1nc2ccccc2n1CC(=O)N1CCN(CC(=O)NCc2ccccc2)CC1.